The highest BCUT2D eigenvalue weighted by Gasteiger charge is 2.54. The third-order valence-corrected chi connectivity index (χ3v) is 6.44. The van der Waals surface area contributed by atoms with E-state index in [1.54, 1.807) is 12.1 Å². The van der Waals surface area contributed by atoms with Crippen molar-refractivity contribution in [2.75, 3.05) is 25.2 Å². The van der Waals surface area contributed by atoms with Crippen LogP contribution in [0.15, 0.2) is 72.8 Å². The molecule has 1 unspecified atom stereocenters. The number of rotatable bonds is 5. The third kappa shape index (κ3) is 2.99. The fourth-order valence-corrected chi connectivity index (χ4v) is 5.02. The summed E-state index contributed by atoms with van der Waals surface area (Å²) in [6.07, 6.45) is -0.521. The quantitative estimate of drug-likeness (QED) is 0.648. The number of hydrogen-bond donors (Lipinski definition) is 1. The Balaban J connectivity index is 1.46. The van der Waals surface area contributed by atoms with Gasteiger partial charge in [-0.1, -0.05) is 66.7 Å². The summed E-state index contributed by atoms with van der Waals surface area (Å²) in [5, 5.41) is 10.1. The molecule has 0 bridgehead atoms. The summed E-state index contributed by atoms with van der Waals surface area (Å²) in [5.41, 5.74) is 4.25. The molecular formula is C26H23NO5. The van der Waals surface area contributed by atoms with Crippen molar-refractivity contribution >= 4 is 17.7 Å². The molecule has 1 heterocycles. The van der Waals surface area contributed by atoms with E-state index >= 15 is 0 Å². The summed E-state index contributed by atoms with van der Waals surface area (Å²) < 4.78 is 11.0. The lowest BCUT2D eigenvalue weighted by Gasteiger charge is -2.33. The van der Waals surface area contributed by atoms with Crippen molar-refractivity contribution in [3.8, 4) is 11.1 Å². The van der Waals surface area contributed by atoms with Crippen molar-refractivity contribution in [1.82, 2.24) is 0 Å². The smallest absolute Gasteiger partial charge is 0.415 e. The van der Waals surface area contributed by atoms with E-state index in [9.17, 15) is 14.7 Å². The molecule has 5 rings (SSSR count). The lowest BCUT2D eigenvalue weighted by molar-refractivity contribution is -0.145. The van der Waals surface area contributed by atoms with Crippen molar-refractivity contribution in [3.05, 3.63) is 89.5 Å². The van der Waals surface area contributed by atoms with Gasteiger partial charge in [0, 0.05) is 19.4 Å². The Kier molecular flexibility index (Phi) is 4.94. The zero-order valence-electron chi connectivity index (χ0n) is 17.7. The van der Waals surface area contributed by atoms with Gasteiger partial charge in [0.15, 0.2) is 5.54 Å². The second-order valence-corrected chi connectivity index (χ2v) is 8.21. The number of carboxylic acid groups (broad SMARTS) is 1. The van der Waals surface area contributed by atoms with E-state index in [0.717, 1.165) is 27.8 Å². The van der Waals surface area contributed by atoms with E-state index < -0.39 is 17.6 Å². The minimum absolute atomic E-state index is 0.106. The summed E-state index contributed by atoms with van der Waals surface area (Å²) in [7, 11) is 1.43. The molecule has 162 valence electrons. The van der Waals surface area contributed by atoms with Crippen LogP contribution in [0.4, 0.5) is 10.5 Å². The number of benzene rings is 3. The number of fused-ring (bicyclic) bond motifs is 4. The number of nitrogens with zero attached hydrogens (tertiary/aromatic N) is 1. The van der Waals surface area contributed by atoms with Crippen LogP contribution in [0.3, 0.4) is 0 Å². The number of carbonyl (C=O) groups excluding carboxylic acids is 1. The average Bonchev–Trinajstić information content (AvgIpc) is 3.31. The molecule has 0 radical (unpaired) electrons. The van der Waals surface area contributed by atoms with E-state index in [2.05, 4.69) is 12.1 Å². The van der Waals surface area contributed by atoms with Crippen LogP contribution in [0.25, 0.3) is 11.1 Å². The Bertz CT molecular complexity index is 1160. The highest BCUT2D eigenvalue weighted by molar-refractivity contribution is 6.01. The topological polar surface area (TPSA) is 76.1 Å². The normalized spacial score (nSPS) is 18.7. The molecule has 6 heteroatoms. The number of anilines is 1. The first-order chi connectivity index (χ1) is 15.6. The number of carbonyl (C=O) groups is 2. The van der Waals surface area contributed by atoms with E-state index in [1.165, 1.54) is 12.0 Å². The Morgan fingerprint density at radius 2 is 1.56 bits per heavy atom. The minimum Gasteiger partial charge on any atom is -0.479 e. The second kappa shape index (κ2) is 7.80. The number of methoxy groups -OCH3 is 1. The first-order valence-corrected chi connectivity index (χ1v) is 10.5. The number of hydrogen-bond acceptors (Lipinski definition) is 4. The van der Waals surface area contributed by atoms with Crippen LogP contribution < -0.4 is 4.90 Å². The predicted molar refractivity (Wildman–Crippen MR) is 120 cm³/mol. The molecule has 0 aromatic heterocycles. The van der Waals surface area contributed by atoms with E-state index in [4.69, 9.17) is 9.47 Å². The maximum absolute atomic E-state index is 13.4. The summed E-state index contributed by atoms with van der Waals surface area (Å²) in [5.74, 6) is -1.23. The largest absolute Gasteiger partial charge is 0.479 e. The number of ether oxygens (including phenoxy) is 2. The molecule has 1 atom stereocenters. The zero-order chi connectivity index (χ0) is 22.3. The minimum atomic E-state index is -1.54. The van der Waals surface area contributed by atoms with Gasteiger partial charge in [-0.25, -0.2) is 9.59 Å². The van der Waals surface area contributed by atoms with Crippen molar-refractivity contribution < 1.29 is 24.2 Å². The summed E-state index contributed by atoms with van der Waals surface area (Å²) in [4.78, 5) is 27.0. The Morgan fingerprint density at radius 1 is 0.969 bits per heavy atom. The molecule has 0 spiro atoms. The fraction of sp³-hybridized carbons (Fsp3) is 0.231. The van der Waals surface area contributed by atoms with E-state index in [-0.39, 0.29) is 25.6 Å². The average molecular weight is 429 g/mol. The number of para-hydroxylation sites is 1. The van der Waals surface area contributed by atoms with E-state index in [1.807, 2.05) is 48.5 Å². The van der Waals surface area contributed by atoms with Crippen LogP contribution in [-0.2, 0) is 20.7 Å². The van der Waals surface area contributed by atoms with Crippen LogP contribution in [0, 0.1) is 0 Å². The van der Waals surface area contributed by atoms with Gasteiger partial charge in [-0.05, 0) is 33.9 Å². The SMILES string of the molecule is COCC1(C(=O)O)Cc2ccccc2N1C(=O)OCC1c2ccccc2-c2ccccc21. The summed E-state index contributed by atoms with van der Waals surface area (Å²) in [6, 6.07) is 23.4. The second-order valence-electron chi connectivity index (χ2n) is 8.21. The number of carboxylic acids is 1. The third-order valence-electron chi connectivity index (χ3n) is 6.44. The monoisotopic (exact) mass is 429 g/mol. The zero-order valence-corrected chi connectivity index (χ0v) is 17.7. The number of amides is 1. The summed E-state index contributed by atoms with van der Waals surface area (Å²) in [6.45, 7) is -0.0184. The van der Waals surface area contributed by atoms with E-state index in [0.29, 0.717) is 5.69 Å². The Hall–Kier alpha value is -3.64. The van der Waals surface area contributed by atoms with Crippen LogP contribution in [-0.4, -0.2) is 43.0 Å². The maximum atomic E-state index is 13.4. The Labute approximate surface area is 186 Å². The maximum Gasteiger partial charge on any atom is 0.415 e. The molecule has 0 saturated carbocycles. The molecule has 3 aromatic rings. The predicted octanol–water partition coefficient (Wildman–Crippen LogP) is 4.47. The standard InChI is InChI=1S/C26H23NO5/c1-31-16-26(24(28)29)14-17-8-2-7-13-23(17)27(26)25(30)32-15-22-20-11-5-3-9-18(20)19-10-4-6-12-21(19)22/h2-13,22H,14-16H2,1H3,(H,28,29). The lowest BCUT2D eigenvalue weighted by Crippen LogP contribution is -2.59. The van der Waals surface area contributed by atoms with Gasteiger partial charge in [-0.3, -0.25) is 4.90 Å². The molecule has 1 aliphatic heterocycles. The molecule has 0 saturated heterocycles. The van der Waals surface area contributed by atoms with Crippen LogP contribution >= 0.6 is 0 Å². The highest BCUT2D eigenvalue weighted by atomic mass is 16.6. The fourth-order valence-electron chi connectivity index (χ4n) is 5.02. The molecule has 0 fully saturated rings. The van der Waals surface area contributed by atoms with Gasteiger partial charge in [-0.2, -0.15) is 0 Å². The Morgan fingerprint density at radius 3 is 2.19 bits per heavy atom. The molecule has 6 nitrogen and oxygen atoms in total. The highest BCUT2D eigenvalue weighted by Crippen LogP contribution is 2.45. The van der Waals surface area contributed by atoms with Crippen molar-refractivity contribution in [2.45, 2.75) is 17.9 Å². The van der Waals surface area contributed by atoms with Crippen molar-refractivity contribution in [3.63, 3.8) is 0 Å². The molecule has 1 N–H and O–H groups in total. The van der Waals surface area contributed by atoms with Crippen LogP contribution in [0.2, 0.25) is 0 Å². The molecule has 1 amide bonds. The molecule has 32 heavy (non-hydrogen) atoms. The molecule has 2 aliphatic rings. The van der Waals surface area contributed by atoms with Gasteiger partial charge in [0.1, 0.15) is 6.61 Å². The van der Waals surface area contributed by atoms with Crippen molar-refractivity contribution in [1.29, 1.82) is 0 Å². The van der Waals surface area contributed by atoms with Gasteiger partial charge in [0.05, 0.1) is 12.3 Å². The van der Waals surface area contributed by atoms with Gasteiger partial charge in [-0.15, -0.1) is 0 Å². The van der Waals surface area contributed by atoms with Gasteiger partial charge in [0.25, 0.3) is 0 Å². The summed E-state index contributed by atoms with van der Waals surface area (Å²) >= 11 is 0. The van der Waals surface area contributed by atoms with Gasteiger partial charge >= 0.3 is 12.1 Å². The lowest BCUT2D eigenvalue weighted by atomic mass is 9.95. The van der Waals surface area contributed by atoms with Crippen molar-refractivity contribution in [2.24, 2.45) is 0 Å². The number of aliphatic carboxylic acids is 1. The van der Waals surface area contributed by atoms with Gasteiger partial charge in [0.2, 0.25) is 0 Å². The first-order valence-electron chi connectivity index (χ1n) is 10.5. The first kappa shape index (κ1) is 20.3. The molecule has 3 aromatic carbocycles. The van der Waals surface area contributed by atoms with Gasteiger partial charge < -0.3 is 14.6 Å². The molecule has 1 aliphatic carbocycles. The molecular weight excluding hydrogens is 406 g/mol. The van der Waals surface area contributed by atoms with Crippen LogP contribution in [0.5, 0.6) is 0 Å². The van der Waals surface area contributed by atoms with Crippen LogP contribution in [0.1, 0.15) is 22.6 Å².